The van der Waals surface area contributed by atoms with Gasteiger partial charge < -0.3 is 19.9 Å². The van der Waals surface area contributed by atoms with Crippen molar-refractivity contribution in [2.45, 2.75) is 71.4 Å². The number of carbonyl (C=O) groups excluding carboxylic acids is 1. The second kappa shape index (κ2) is 10.0. The molecule has 3 heterocycles. The molecule has 3 rings (SSSR count). The third-order valence-electron chi connectivity index (χ3n) is 5.62. The molecular formula is C21H35N5O2. The number of urea groups is 1. The largest absolute Gasteiger partial charge is 0.378 e. The first kappa shape index (κ1) is 20.8. The van der Waals surface area contributed by atoms with E-state index in [1.807, 2.05) is 24.8 Å². The van der Waals surface area contributed by atoms with Crippen LogP contribution in [0, 0.1) is 13.8 Å². The quantitative estimate of drug-likeness (QED) is 0.838. The Kier molecular flexibility index (Phi) is 7.48. The molecule has 1 aromatic heterocycles. The number of aryl methyl sites for hydroxylation is 2. The topological polar surface area (TPSA) is 70.6 Å². The highest BCUT2D eigenvalue weighted by Gasteiger charge is 2.25. The van der Waals surface area contributed by atoms with Crippen molar-refractivity contribution in [1.29, 1.82) is 0 Å². The number of anilines is 1. The number of carbonyl (C=O) groups is 1. The Hall–Kier alpha value is -1.89. The average molecular weight is 390 g/mol. The Balaban J connectivity index is 1.44. The minimum atomic E-state index is 0.0864. The molecule has 0 aromatic carbocycles. The van der Waals surface area contributed by atoms with Crippen molar-refractivity contribution < 1.29 is 9.53 Å². The summed E-state index contributed by atoms with van der Waals surface area (Å²) in [5.74, 6) is 1.81. The van der Waals surface area contributed by atoms with Crippen LogP contribution in [0.25, 0.3) is 0 Å². The van der Waals surface area contributed by atoms with E-state index in [-0.39, 0.29) is 12.1 Å². The lowest BCUT2D eigenvalue weighted by Gasteiger charge is -2.34. The van der Waals surface area contributed by atoms with E-state index in [2.05, 4.69) is 27.1 Å². The number of ether oxygens (including phenoxy) is 1. The monoisotopic (exact) mass is 389 g/mol. The van der Waals surface area contributed by atoms with Gasteiger partial charge in [-0.15, -0.1) is 0 Å². The molecule has 2 aliphatic heterocycles. The molecule has 1 N–H and O–H groups in total. The van der Waals surface area contributed by atoms with Crippen LogP contribution >= 0.6 is 0 Å². The van der Waals surface area contributed by atoms with Crippen LogP contribution in [-0.4, -0.2) is 65.8 Å². The Morgan fingerprint density at radius 3 is 2.64 bits per heavy atom. The van der Waals surface area contributed by atoms with Crippen molar-refractivity contribution in [3.63, 3.8) is 0 Å². The fourth-order valence-electron chi connectivity index (χ4n) is 4.10. The van der Waals surface area contributed by atoms with Gasteiger partial charge >= 0.3 is 6.03 Å². The van der Waals surface area contributed by atoms with Crippen molar-refractivity contribution in [2.24, 2.45) is 0 Å². The summed E-state index contributed by atoms with van der Waals surface area (Å²) in [6.45, 7) is 10.3. The maximum Gasteiger partial charge on any atom is 0.317 e. The molecular weight excluding hydrogens is 354 g/mol. The number of likely N-dealkylation sites (tertiary alicyclic amines) is 1. The highest BCUT2D eigenvalue weighted by atomic mass is 16.5. The molecule has 1 atom stereocenters. The second-order valence-electron chi connectivity index (χ2n) is 8.04. The van der Waals surface area contributed by atoms with Crippen LogP contribution in [0.4, 0.5) is 10.6 Å². The van der Waals surface area contributed by atoms with Crippen LogP contribution in [0.2, 0.25) is 0 Å². The summed E-state index contributed by atoms with van der Waals surface area (Å²) < 4.78 is 5.89. The van der Waals surface area contributed by atoms with Crippen LogP contribution < -0.4 is 10.2 Å². The van der Waals surface area contributed by atoms with Gasteiger partial charge in [-0.25, -0.2) is 14.8 Å². The second-order valence-corrected chi connectivity index (χ2v) is 8.04. The molecule has 2 saturated heterocycles. The molecule has 0 saturated carbocycles. The van der Waals surface area contributed by atoms with Crippen molar-refractivity contribution in [1.82, 2.24) is 20.2 Å². The van der Waals surface area contributed by atoms with Gasteiger partial charge in [0.25, 0.3) is 0 Å². The molecule has 1 unspecified atom stereocenters. The van der Waals surface area contributed by atoms with E-state index in [0.29, 0.717) is 6.10 Å². The summed E-state index contributed by atoms with van der Waals surface area (Å²) in [5, 5.41) is 3.26. The van der Waals surface area contributed by atoms with Crippen molar-refractivity contribution in [3.05, 3.63) is 17.6 Å². The summed E-state index contributed by atoms with van der Waals surface area (Å²) in [6, 6.07) is 2.37. The fraction of sp³-hybridized carbons (Fsp3) is 0.762. The SMILES string of the molecule is CCCOC1CCCN(C(=O)NC2CCN(c3cc(C)nc(C)n3)CC2)CC1. The van der Waals surface area contributed by atoms with Gasteiger partial charge in [0.2, 0.25) is 0 Å². The molecule has 28 heavy (non-hydrogen) atoms. The van der Waals surface area contributed by atoms with Gasteiger partial charge in [-0.3, -0.25) is 0 Å². The van der Waals surface area contributed by atoms with Crippen LogP contribution in [0.5, 0.6) is 0 Å². The summed E-state index contributed by atoms with van der Waals surface area (Å²) in [6.07, 6.45) is 6.27. The van der Waals surface area contributed by atoms with E-state index in [4.69, 9.17) is 4.74 Å². The van der Waals surface area contributed by atoms with E-state index in [1.165, 1.54) is 0 Å². The summed E-state index contributed by atoms with van der Waals surface area (Å²) in [4.78, 5) is 25.9. The van der Waals surface area contributed by atoms with Gasteiger partial charge in [0.1, 0.15) is 11.6 Å². The van der Waals surface area contributed by atoms with Crippen LogP contribution in [0.15, 0.2) is 6.07 Å². The zero-order valence-corrected chi connectivity index (χ0v) is 17.6. The standard InChI is InChI=1S/C21H35N5O2/c1-4-14-28-19-6-5-10-26(13-9-19)21(27)24-18-7-11-25(12-8-18)20-15-16(2)22-17(3)23-20/h15,18-19H,4-14H2,1-3H3,(H,24,27). The summed E-state index contributed by atoms with van der Waals surface area (Å²) in [5.41, 5.74) is 1.00. The molecule has 1 aromatic rings. The zero-order valence-electron chi connectivity index (χ0n) is 17.6. The minimum absolute atomic E-state index is 0.0864. The van der Waals surface area contributed by atoms with Crippen LogP contribution in [-0.2, 0) is 4.74 Å². The third-order valence-corrected chi connectivity index (χ3v) is 5.62. The van der Waals surface area contributed by atoms with Crippen LogP contribution in [0.1, 0.15) is 57.0 Å². The maximum atomic E-state index is 12.7. The number of piperidine rings is 1. The van der Waals surface area contributed by atoms with Gasteiger partial charge in [0.15, 0.2) is 0 Å². The number of amides is 2. The van der Waals surface area contributed by atoms with Gasteiger partial charge in [-0.2, -0.15) is 0 Å². The molecule has 2 amide bonds. The van der Waals surface area contributed by atoms with Crippen molar-refractivity contribution in [2.75, 3.05) is 37.7 Å². The molecule has 2 aliphatic rings. The van der Waals surface area contributed by atoms with E-state index >= 15 is 0 Å². The molecule has 7 nitrogen and oxygen atoms in total. The first-order valence-electron chi connectivity index (χ1n) is 10.8. The van der Waals surface area contributed by atoms with Crippen molar-refractivity contribution >= 4 is 11.8 Å². The number of hydrogen-bond acceptors (Lipinski definition) is 5. The number of nitrogens with one attached hydrogen (secondary N) is 1. The molecule has 2 fully saturated rings. The molecule has 0 spiro atoms. The Bertz CT molecular complexity index is 625. The number of nitrogens with zero attached hydrogens (tertiary/aromatic N) is 4. The first-order valence-corrected chi connectivity index (χ1v) is 10.8. The lowest BCUT2D eigenvalue weighted by molar-refractivity contribution is 0.0445. The molecule has 0 radical (unpaired) electrons. The predicted octanol–water partition coefficient (Wildman–Crippen LogP) is 3.05. The Morgan fingerprint density at radius 2 is 1.93 bits per heavy atom. The smallest absolute Gasteiger partial charge is 0.317 e. The number of rotatable bonds is 5. The highest BCUT2D eigenvalue weighted by molar-refractivity contribution is 5.74. The van der Waals surface area contributed by atoms with E-state index in [0.717, 1.165) is 88.6 Å². The Labute approximate surface area is 168 Å². The summed E-state index contributed by atoms with van der Waals surface area (Å²) >= 11 is 0. The van der Waals surface area contributed by atoms with Gasteiger partial charge in [-0.1, -0.05) is 6.92 Å². The lowest BCUT2D eigenvalue weighted by Crippen LogP contribution is -2.49. The summed E-state index contributed by atoms with van der Waals surface area (Å²) in [7, 11) is 0. The molecule has 156 valence electrons. The van der Waals surface area contributed by atoms with Gasteiger partial charge in [-0.05, 0) is 52.4 Å². The van der Waals surface area contributed by atoms with E-state index < -0.39 is 0 Å². The molecule has 7 heteroatoms. The number of hydrogen-bond donors (Lipinski definition) is 1. The third kappa shape index (κ3) is 5.80. The zero-order chi connectivity index (χ0) is 19.9. The van der Waals surface area contributed by atoms with Gasteiger partial charge in [0, 0.05) is 50.6 Å². The van der Waals surface area contributed by atoms with Crippen LogP contribution in [0.3, 0.4) is 0 Å². The maximum absolute atomic E-state index is 12.7. The predicted molar refractivity (Wildman–Crippen MR) is 111 cm³/mol. The molecule has 0 bridgehead atoms. The first-order chi connectivity index (χ1) is 13.5. The normalized spacial score (nSPS) is 21.5. The Morgan fingerprint density at radius 1 is 1.14 bits per heavy atom. The molecule has 0 aliphatic carbocycles. The number of aromatic nitrogens is 2. The highest BCUT2D eigenvalue weighted by Crippen LogP contribution is 2.20. The fourth-order valence-corrected chi connectivity index (χ4v) is 4.10. The van der Waals surface area contributed by atoms with Gasteiger partial charge in [0.05, 0.1) is 6.10 Å². The average Bonchev–Trinajstić information content (AvgIpc) is 2.92. The van der Waals surface area contributed by atoms with E-state index in [9.17, 15) is 4.79 Å². The minimum Gasteiger partial charge on any atom is -0.378 e. The van der Waals surface area contributed by atoms with Crippen molar-refractivity contribution in [3.8, 4) is 0 Å². The van der Waals surface area contributed by atoms with E-state index in [1.54, 1.807) is 0 Å². The lowest BCUT2D eigenvalue weighted by atomic mass is 10.1.